The average Bonchev–Trinajstić information content (AvgIpc) is 3.86. The molecule has 0 aromatic carbocycles. The lowest BCUT2D eigenvalue weighted by molar-refractivity contribution is -0.145. The molecule has 7 amide bonds. The molecule has 5 unspecified atom stereocenters. The van der Waals surface area contributed by atoms with Crippen molar-refractivity contribution in [3.05, 3.63) is 0 Å². The van der Waals surface area contributed by atoms with E-state index in [0.717, 1.165) is 30.8 Å². The normalized spacial score (nSPS) is 19.6. The van der Waals surface area contributed by atoms with Crippen LogP contribution in [0.15, 0.2) is 0 Å². The minimum atomic E-state index is -1.30. The fourth-order valence-corrected chi connectivity index (χ4v) is 11.3. The van der Waals surface area contributed by atoms with Gasteiger partial charge < -0.3 is 51.2 Å². The molecule has 18 nitrogen and oxygen atoms in total. The van der Waals surface area contributed by atoms with Crippen molar-refractivity contribution < 1.29 is 52.7 Å². The summed E-state index contributed by atoms with van der Waals surface area (Å²) in [5.41, 5.74) is 0. The molecule has 62 heavy (non-hydrogen) atoms. The summed E-state index contributed by atoms with van der Waals surface area (Å²) >= 11 is 3.29. The Morgan fingerprint density at radius 2 is 1.31 bits per heavy atom. The van der Waals surface area contributed by atoms with E-state index in [1.807, 2.05) is 0 Å². The first kappa shape index (κ1) is 52.0. The van der Waals surface area contributed by atoms with Gasteiger partial charge in [-0.2, -0.15) is 0 Å². The number of thioether (sulfide) groups is 2. The van der Waals surface area contributed by atoms with E-state index in [0.29, 0.717) is 25.5 Å². The first-order valence-corrected chi connectivity index (χ1v) is 23.6. The smallest absolute Gasteiger partial charge is 0.289 e. The summed E-state index contributed by atoms with van der Waals surface area (Å²) in [7, 11) is 0. The number of hydrogen-bond acceptors (Lipinski definition) is 13. The largest absolute Gasteiger partial charge is 0.345 e. The maximum atomic E-state index is 15.0. The lowest BCUT2D eigenvalue weighted by atomic mass is 9.83. The molecule has 0 radical (unpaired) electrons. The van der Waals surface area contributed by atoms with E-state index in [4.69, 9.17) is 0 Å². The van der Waals surface area contributed by atoms with E-state index < -0.39 is 93.4 Å². The van der Waals surface area contributed by atoms with Gasteiger partial charge in [0, 0.05) is 44.2 Å². The number of nitrogens with zero attached hydrogens (tertiary/aromatic N) is 1. The zero-order valence-corrected chi connectivity index (χ0v) is 38.4. The van der Waals surface area contributed by atoms with Crippen LogP contribution in [-0.2, 0) is 52.7 Å². The average molecular weight is 908 g/mol. The van der Waals surface area contributed by atoms with Crippen LogP contribution in [0.1, 0.15) is 119 Å². The number of amides is 7. The molecule has 6 atom stereocenters. The lowest BCUT2D eigenvalue weighted by Crippen LogP contribution is -2.62. The number of aldehydes is 1. The highest BCUT2D eigenvalue weighted by molar-refractivity contribution is 8.21. The molecule has 1 spiro atoms. The summed E-state index contributed by atoms with van der Waals surface area (Å²) in [5, 5.41) is 15.7. The van der Waals surface area contributed by atoms with Crippen LogP contribution in [0.25, 0.3) is 0 Å². The molecule has 2 heterocycles. The molecule has 3 aliphatic rings. The third-order valence-corrected chi connectivity index (χ3v) is 14.7. The quantitative estimate of drug-likeness (QED) is 0.0581. The molecule has 3 fully saturated rings. The Bertz CT molecular complexity index is 1680. The molecule has 346 valence electrons. The molecule has 1 aliphatic carbocycles. The van der Waals surface area contributed by atoms with Gasteiger partial charge in [0.05, 0.1) is 16.7 Å². The summed E-state index contributed by atoms with van der Waals surface area (Å²) in [6, 6.07) is -6.96. The van der Waals surface area contributed by atoms with Crippen molar-refractivity contribution in [1.29, 1.82) is 0 Å². The Hall–Kier alpha value is -4.33. The van der Waals surface area contributed by atoms with E-state index in [1.165, 1.54) is 25.7 Å². The van der Waals surface area contributed by atoms with Crippen molar-refractivity contribution in [2.24, 2.45) is 11.8 Å². The maximum absolute atomic E-state index is 15.0. The van der Waals surface area contributed by atoms with Gasteiger partial charge in [0.25, 0.3) is 5.91 Å². The number of rotatable bonds is 24. The zero-order valence-electron chi connectivity index (χ0n) is 36.8. The van der Waals surface area contributed by atoms with Gasteiger partial charge in [-0.15, -0.1) is 23.5 Å². The molecular weight excluding hydrogens is 843 g/mol. The predicted molar refractivity (Wildman–Crippen MR) is 233 cm³/mol. The topological polar surface area (TPSA) is 263 Å². The first-order chi connectivity index (χ1) is 29.3. The number of carbonyl (C=O) groups is 11. The van der Waals surface area contributed by atoms with Crippen LogP contribution in [-0.4, -0.2) is 135 Å². The fraction of sp³-hybridized carbons (Fsp3) is 0.738. The Kier molecular flexibility index (Phi) is 21.0. The van der Waals surface area contributed by atoms with Crippen LogP contribution >= 0.6 is 23.5 Å². The van der Waals surface area contributed by atoms with Crippen LogP contribution in [0.4, 0.5) is 0 Å². The minimum absolute atomic E-state index is 0.0120. The molecule has 3 rings (SSSR count). The molecule has 0 bridgehead atoms. The van der Waals surface area contributed by atoms with Gasteiger partial charge in [-0.3, -0.25) is 38.4 Å². The Morgan fingerprint density at radius 3 is 1.84 bits per heavy atom. The van der Waals surface area contributed by atoms with E-state index in [2.05, 4.69) is 31.9 Å². The van der Waals surface area contributed by atoms with Gasteiger partial charge in [0.2, 0.25) is 41.2 Å². The third kappa shape index (κ3) is 15.5. The van der Waals surface area contributed by atoms with Crippen molar-refractivity contribution in [2.45, 2.75) is 159 Å². The fourth-order valence-electron chi connectivity index (χ4n) is 8.03. The van der Waals surface area contributed by atoms with Crippen molar-refractivity contribution in [3.63, 3.8) is 0 Å². The molecule has 0 aromatic heterocycles. The van der Waals surface area contributed by atoms with Crippen molar-refractivity contribution in [2.75, 3.05) is 24.6 Å². The molecule has 2 saturated heterocycles. The van der Waals surface area contributed by atoms with Gasteiger partial charge in [-0.25, -0.2) is 0 Å². The highest BCUT2D eigenvalue weighted by Crippen LogP contribution is 2.52. The number of likely N-dealkylation sites (tertiary alicyclic amines) is 1. The highest BCUT2D eigenvalue weighted by Gasteiger charge is 2.53. The van der Waals surface area contributed by atoms with Crippen LogP contribution in [0.2, 0.25) is 0 Å². The molecule has 1 saturated carbocycles. The van der Waals surface area contributed by atoms with E-state index in [1.54, 1.807) is 44.3 Å². The monoisotopic (exact) mass is 907 g/mol. The summed E-state index contributed by atoms with van der Waals surface area (Å²) in [6.07, 6.45) is 4.87. The van der Waals surface area contributed by atoms with Crippen molar-refractivity contribution in [1.82, 2.24) is 36.8 Å². The van der Waals surface area contributed by atoms with Crippen molar-refractivity contribution in [3.8, 4) is 0 Å². The van der Waals surface area contributed by atoms with Crippen LogP contribution in [0.3, 0.4) is 0 Å². The Morgan fingerprint density at radius 1 is 0.726 bits per heavy atom. The Balaban J connectivity index is 1.92. The van der Waals surface area contributed by atoms with Gasteiger partial charge in [-0.1, -0.05) is 46.5 Å². The minimum Gasteiger partial charge on any atom is -0.345 e. The predicted octanol–water partition coefficient (Wildman–Crippen LogP) is 0.867. The summed E-state index contributed by atoms with van der Waals surface area (Å²) in [5.74, 6) is -5.40. The van der Waals surface area contributed by atoms with Crippen LogP contribution in [0.5, 0.6) is 0 Å². The first-order valence-electron chi connectivity index (χ1n) is 21.6. The zero-order chi connectivity index (χ0) is 46.1. The second-order valence-corrected chi connectivity index (χ2v) is 20.0. The van der Waals surface area contributed by atoms with Crippen LogP contribution in [0, 0.1) is 11.8 Å². The molecule has 2 aliphatic heterocycles. The van der Waals surface area contributed by atoms with Gasteiger partial charge in [0.15, 0.2) is 0 Å². The number of hydrogen-bond donors (Lipinski definition) is 6. The number of ketones is 3. The van der Waals surface area contributed by atoms with Gasteiger partial charge in [-0.05, 0) is 57.8 Å². The number of carbonyl (C=O) groups excluding carboxylic acids is 11. The summed E-state index contributed by atoms with van der Waals surface area (Å²) in [6.45, 7) is 8.90. The van der Waals surface area contributed by atoms with Crippen molar-refractivity contribution >= 4 is 88.5 Å². The molecule has 0 aromatic rings. The van der Waals surface area contributed by atoms with E-state index >= 15 is 0 Å². The van der Waals surface area contributed by atoms with E-state index in [9.17, 15) is 52.7 Å². The SMILES string of the molecule is CCCC(NC(=O)[C@@H]1CC2(CN1C(=O)C(NC(=O)C(NC(=O)C(CCC(C)=O)NC(=O)C(CCC(C)=O)NC(C)=O)C(C)C)C1CCCCC1)SCCS2)C(=O)C(=O)NCC=O. The Labute approximate surface area is 372 Å². The lowest BCUT2D eigenvalue weighted by Gasteiger charge is -2.36. The summed E-state index contributed by atoms with van der Waals surface area (Å²) in [4.78, 5) is 144. The van der Waals surface area contributed by atoms with Gasteiger partial charge in [0.1, 0.15) is 48.1 Å². The third-order valence-electron chi connectivity index (χ3n) is 11.3. The van der Waals surface area contributed by atoms with Crippen LogP contribution < -0.4 is 31.9 Å². The molecule has 6 N–H and O–H groups in total. The second-order valence-electron chi connectivity index (χ2n) is 16.8. The number of Topliss-reactive ketones (excluding diaryl/α,β-unsaturated/α-hetero) is 3. The number of nitrogens with one attached hydrogen (secondary N) is 6. The molecule has 20 heteroatoms. The standard InChI is InChI=1S/C42H65N7O11S2/c1-7-11-29(35(54)40(59)43-18-19-50)45-38(57)32-22-42(61-20-21-62-42)23-49(32)41(60)34(28-12-9-8-10-13-28)48-39(58)33(24(2)3)47-37(56)31(17-15-26(5)52)46-36(55)30(44-27(6)53)16-14-25(4)51/h19,24,28-34H,7-18,20-23H2,1-6H3,(H,43,59)(H,44,53)(H,45,57)(H,46,55)(H,47,56)(H,48,58)/t29?,30?,31?,32-,33?,34?/m0/s1. The highest BCUT2D eigenvalue weighted by atomic mass is 32.2. The second kappa shape index (κ2) is 25.1. The van der Waals surface area contributed by atoms with E-state index in [-0.39, 0.29) is 69.1 Å². The van der Waals surface area contributed by atoms with Gasteiger partial charge >= 0.3 is 0 Å². The molecular formula is C42H65N7O11S2. The summed E-state index contributed by atoms with van der Waals surface area (Å²) < 4.78 is -0.511. The maximum Gasteiger partial charge on any atom is 0.289 e.